The average Bonchev–Trinajstić information content (AvgIpc) is 2.29. The van der Waals surface area contributed by atoms with Crippen molar-refractivity contribution in [1.29, 1.82) is 0 Å². The highest BCUT2D eigenvalue weighted by atomic mass is 32.2. The molecule has 0 aromatic rings. The minimum absolute atomic E-state index is 0.976. The standard InChI is InChI=1S/C12H8S4/c1-2-6-14-11-12-16-8-4-3-7-15-10-9-13-5-1/h9-12H2. The Labute approximate surface area is 114 Å². The van der Waals surface area contributed by atoms with Crippen LogP contribution in [0.5, 0.6) is 0 Å². The molecule has 0 aromatic heterocycles. The molecule has 0 bridgehead atoms. The topological polar surface area (TPSA) is 0 Å². The van der Waals surface area contributed by atoms with Gasteiger partial charge < -0.3 is 0 Å². The van der Waals surface area contributed by atoms with Crippen molar-refractivity contribution in [3.05, 3.63) is 0 Å². The van der Waals surface area contributed by atoms with Crippen molar-refractivity contribution in [2.24, 2.45) is 0 Å². The summed E-state index contributed by atoms with van der Waals surface area (Å²) in [4.78, 5) is 0. The molecule has 16 heavy (non-hydrogen) atoms. The van der Waals surface area contributed by atoms with Crippen LogP contribution >= 0.6 is 47.0 Å². The molecule has 0 saturated carbocycles. The van der Waals surface area contributed by atoms with Gasteiger partial charge in [-0.2, -0.15) is 0 Å². The molecular weight excluding hydrogens is 272 g/mol. The number of thioether (sulfide) groups is 4. The Morgan fingerprint density at radius 1 is 0.438 bits per heavy atom. The maximum absolute atomic E-state index is 2.95. The first kappa shape index (κ1) is 13.7. The number of hydrogen-bond acceptors (Lipinski definition) is 4. The maximum atomic E-state index is 2.95. The molecule has 0 unspecified atom stereocenters. The summed E-state index contributed by atoms with van der Waals surface area (Å²) in [5, 5.41) is 11.8. The summed E-state index contributed by atoms with van der Waals surface area (Å²) in [6.45, 7) is 0. The van der Waals surface area contributed by atoms with E-state index in [1.807, 2.05) is 0 Å². The van der Waals surface area contributed by atoms with Gasteiger partial charge in [-0.1, -0.05) is 47.0 Å². The Kier molecular flexibility index (Phi) is 9.54. The molecule has 1 aliphatic heterocycles. The van der Waals surface area contributed by atoms with Crippen LogP contribution in [-0.2, 0) is 0 Å². The van der Waals surface area contributed by atoms with Crippen molar-refractivity contribution >= 4 is 47.0 Å². The van der Waals surface area contributed by atoms with Crippen LogP contribution < -0.4 is 0 Å². The summed E-state index contributed by atoms with van der Waals surface area (Å²) in [5.74, 6) is 15.2. The molecule has 0 amide bonds. The molecule has 0 atom stereocenters. The smallest absolute Gasteiger partial charge is 0.0158 e. The summed E-state index contributed by atoms with van der Waals surface area (Å²) in [6.07, 6.45) is 0. The molecule has 4 heteroatoms. The molecule has 0 aliphatic carbocycles. The summed E-state index contributed by atoms with van der Waals surface area (Å²) >= 11 is 6.35. The van der Waals surface area contributed by atoms with Crippen LogP contribution in [0, 0.1) is 44.7 Å². The van der Waals surface area contributed by atoms with E-state index in [0.717, 1.165) is 23.0 Å². The van der Waals surface area contributed by atoms with Crippen molar-refractivity contribution < 1.29 is 0 Å². The molecule has 0 saturated heterocycles. The lowest BCUT2D eigenvalue weighted by Crippen LogP contribution is -1.79. The predicted molar refractivity (Wildman–Crippen MR) is 80.9 cm³/mol. The Bertz CT molecular complexity index is 348. The van der Waals surface area contributed by atoms with Gasteiger partial charge in [0.15, 0.2) is 0 Å². The van der Waals surface area contributed by atoms with Crippen LogP contribution in [0.2, 0.25) is 0 Å². The highest BCUT2D eigenvalue weighted by Gasteiger charge is 1.85. The minimum Gasteiger partial charge on any atom is -0.0732 e. The molecule has 0 radical (unpaired) electrons. The second-order valence-electron chi connectivity index (χ2n) is 2.30. The zero-order valence-electron chi connectivity index (χ0n) is 8.46. The van der Waals surface area contributed by atoms with Gasteiger partial charge in [0.2, 0.25) is 0 Å². The summed E-state index contributed by atoms with van der Waals surface area (Å²) in [5.41, 5.74) is 0. The Hall–Kier alpha value is -0.360. The molecule has 0 spiro atoms. The molecule has 0 aromatic carbocycles. The van der Waals surface area contributed by atoms with Gasteiger partial charge in [-0.25, -0.2) is 0 Å². The molecule has 1 rings (SSSR count). The highest BCUT2D eigenvalue weighted by Crippen LogP contribution is 2.05. The van der Waals surface area contributed by atoms with Gasteiger partial charge in [0, 0.05) is 23.0 Å². The molecule has 1 aliphatic rings. The normalized spacial score (nSPS) is 16.0. The zero-order chi connectivity index (χ0) is 11.3. The quantitative estimate of drug-likeness (QED) is 0.626. The average molecular weight is 280 g/mol. The fourth-order valence-corrected chi connectivity index (χ4v) is 2.85. The van der Waals surface area contributed by atoms with Crippen LogP contribution in [-0.4, -0.2) is 23.0 Å². The third-order valence-corrected chi connectivity index (χ3v) is 4.33. The van der Waals surface area contributed by atoms with Crippen molar-refractivity contribution in [3.63, 3.8) is 0 Å². The molecule has 0 N–H and O–H groups in total. The van der Waals surface area contributed by atoms with E-state index in [0.29, 0.717) is 0 Å². The van der Waals surface area contributed by atoms with E-state index in [4.69, 9.17) is 0 Å². The lowest BCUT2D eigenvalue weighted by Gasteiger charge is -1.87. The van der Waals surface area contributed by atoms with Crippen molar-refractivity contribution in [3.8, 4) is 44.7 Å². The highest BCUT2D eigenvalue weighted by molar-refractivity contribution is 8.07. The largest absolute Gasteiger partial charge is 0.0732 e. The zero-order valence-corrected chi connectivity index (χ0v) is 11.7. The van der Waals surface area contributed by atoms with E-state index >= 15 is 0 Å². The van der Waals surface area contributed by atoms with Gasteiger partial charge in [0.05, 0.1) is 0 Å². The summed E-state index contributed by atoms with van der Waals surface area (Å²) in [7, 11) is 0. The Balaban J connectivity index is 2.40. The third-order valence-electron chi connectivity index (χ3n) is 1.19. The summed E-state index contributed by atoms with van der Waals surface area (Å²) < 4.78 is 0. The second-order valence-corrected chi connectivity index (χ2v) is 5.91. The van der Waals surface area contributed by atoms with Crippen LogP contribution in [0.3, 0.4) is 0 Å². The predicted octanol–water partition coefficient (Wildman–Crippen LogP) is 2.78. The van der Waals surface area contributed by atoms with E-state index in [2.05, 4.69) is 44.7 Å². The van der Waals surface area contributed by atoms with Gasteiger partial charge in [0.25, 0.3) is 0 Å². The molecular formula is C12H8S4. The molecule has 0 nitrogen and oxygen atoms in total. The van der Waals surface area contributed by atoms with Crippen LogP contribution in [0.4, 0.5) is 0 Å². The first-order valence-electron chi connectivity index (χ1n) is 4.47. The van der Waals surface area contributed by atoms with Gasteiger partial charge >= 0.3 is 0 Å². The number of hydrogen-bond donors (Lipinski definition) is 0. The van der Waals surface area contributed by atoms with Crippen molar-refractivity contribution in [2.75, 3.05) is 23.0 Å². The van der Waals surface area contributed by atoms with E-state index < -0.39 is 0 Å². The van der Waals surface area contributed by atoms with Gasteiger partial charge in [0.1, 0.15) is 0 Å². The van der Waals surface area contributed by atoms with Gasteiger partial charge in [-0.15, -0.1) is 0 Å². The Morgan fingerprint density at radius 2 is 0.688 bits per heavy atom. The lowest BCUT2D eigenvalue weighted by molar-refractivity contribution is 1.57. The summed E-state index contributed by atoms with van der Waals surface area (Å²) in [6, 6.07) is 0. The van der Waals surface area contributed by atoms with E-state index in [1.165, 1.54) is 0 Å². The number of rotatable bonds is 0. The Morgan fingerprint density at radius 3 is 0.938 bits per heavy atom. The molecule has 0 fully saturated rings. The fourth-order valence-electron chi connectivity index (χ4n) is 0.617. The first-order valence-corrected chi connectivity index (χ1v) is 8.41. The fraction of sp³-hybridized carbons (Fsp3) is 0.333. The van der Waals surface area contributed by atoms with Crippen LogP contribution in [0.1, 0.15) is 0 Å². The second kappa shape index (κ2) is 11.1. The van der Waals surface area contributed by atoms with Crippen LogP contribution in [0.25, 0.3) is 0 Å². The van der Waals surface area contributed by atoms with E-state index in [-0.39, 0.29) is 0 Å². The minimum atomic E-state index is 0.976. The van der Waals surface area contributed by atoms with Crippen LogP contribution in [0.15, 0.2) is 0 Å². The SMILES string of the molecule is C1#CSCCSC#CC#CSCCSC#C1. The monoisotopic (exact) mass is 280 g/mol. The maximum Gasteiger partial charge on any atom is 0.0158 e. The third kappa shape index (κ3) is 8.91. The van der Waals surface area contributed by atoms with Gasteiger partial charge in [-0.3, -0.25) is 0 Å². The lowest BCUT2D eigenvalue weighted by atomic mass is 10.7. The first-order chi connectivity index (χ1) is 8.00. The van der Waals surface area contributed by atoms with E-state index in [1.54, 1.807) is 47.0 Å². The van der Waals surface area contributed by atoms with Gasteiger partial charge in [-0.05, 0) is 44.7 Å². The molecule has 1 heterocycles. The van der Waals surface area contributed by atoms with Crippen molar-refractivity contribution in [2.45, 2.75) is 0 Å². The van der Waals surface area contributed by atoms with E-state index in [9.17, 15) is 0 Å². The van der Waals surface area contributed by atoms with Crippen molar-refractivity contribution in [1.82, 2.24) is 0 Å². The molecule has 80 valence electrons.